The number of nitrogens with one attached hydrogen (secondary N) is 1. The van der Waals surface area contributed by atoms with E-state index in [2.05, 4.69) is 19.2 Å². The molecule has 0 saturated heterocycles. The number of carbonyl (C=O) groups excluding carboxylic acids is 1. The van der Waals surface area contributed by atoms with E-state index in [1.807, 2.05) is 19.1 Å². The van der Waals surface area contributed by atoms with Gasteiger partial charge in [-0.05, 0) is 30.5 Å². The molecule has 1 aromatic carbocycles. The monoisotopic (exact) mass is 280 g/mol. The van der Waals surface area contributed by atoms with Crippen LogP contribution in [-0.4, -0.2) is 32.3 Å². The number of ether oxygens (including phenoxy) is 2. The Bertz CT molecular complexity index is 433. The second-order valence-corrected chi connectivity index (χ2v) is 5.14. The fourth-order valence-electron chi connectivity index (χ4n) is 1.52. The van der Waals surface area contributed by atoms with Crippen LogP contribution in [0.15, 0.2) is 18.2 Å². The Morgan fingerprint density at radius 2 is 2.00 bits per heavy atom. The molecule has 0 aromatic heterocycles. The second kappa shape index (κ2) is 8.55. The van der Waals surface area contributed by atoms with Gasteiger partial charge in [-0.25, -0.2) is 0 Å². The molecule has 112 valence electrons. The van der Waals surface area contributed by atoms with E-state index < -0.39 is 0 Å². The topological polar surface area (TPSA) is 73.6 Å². The lowest BCUT2D eigenvalue weighted by molar-refractivity contribution is -0.121. The SMILES string of the molecule is Cc1ccc(NC(=O)COCCOCC(C)C)cc1N. The van der Waals surface area contributed by atoms with E-state index in [0.717, 1.165) is 5.56 Å². The molecular weight excluding hydrogens is 256 g/mol. The largest absolute Gasteiger partial charge is 0.398 e. The van der Waals surface area contributed by atoms with Crippen LogP contribution in [0.3, 0.4) is 0 Å². The van der Waals surface area contributed by atoms with E-state index in [0.29, 0.717) is 37.1 Å². The summed E-state index contributed by atoms with van der Waals surface area (Å²) in [6.45, 7) is 7.72. The van der Waals surface area contributed by atoms with Crippen molar-refractivity contribution < 1.29 is 14.3 Å². The maximum absolute atomic E-state index is 11.6. The molecule has 0 aliphatic rings. The molecule has 0 aliphatic carbocycles. The highest BCUT2D eigenvalue weighted by molar-refractivity contribution is 5.92. The molecule has 0 saturated carbocycles. The number of nitrogen functional groups attached to an aromatic ring is 1. The minimum atomic E-state index is -0.197. The number of anilines is 2. The summed E-state index contributed by atoms with van der Waals surface area (Å²) in [7, 11) is 0. The predicted molar refractivity (Wildman–Crippen MR) is 80.7 cm³/mol. The molecular formula is C15H24N2O3. The Labute approximate surface area is 120 Å². The summed E-state index contributed by atoms with van der Waals surface area (Å²) in [4.78, 5) is 11.6. The second-order valence-electron chi connectivity index (χ2n) is 5.14. The molecule has 5 nitrogen and oxygen atoms in total. The van der Waals surface area contributed by atoms with Crippen molar-refractivity contribution in [3.8, 4) is 0 Å². The van der Waals surface area contributed by atoms with Gasteiger partial charge in [-0.15, -0.1) is 0 Å². The molecule has 0 atom stereocenters. The lowest BCUT2D eigenvalue weighted by Gasteiger charge is -2.09. The number of hydrogen-bond donors (Lipinski definition) is 2. The molecule has 0 fully saturated rings. The number of benzene rings is 1. The molecule has 5 heteroatoms. The third kappa shape index (κ3) is 6.54. The number of nitrogens with two attached hydrogens (primary N) is 1. The smallest absolute Gasteiger partial charge is 0.250 e. The van der Waals surface area contributed by atoms with Crippen molar-refractivity contribution in [3.05, 3.63) is 23.8 Å². The minimum Gasteiger partial charge on any atom is -0.398 e. The summed E-state index contributed by atoms with van der Waals surface area (Å²) < 4.78 is 10.6. The molecule has 20 heavy (non-hydrogen) atoms. The zero-order valence-electron chi connectivity index (χ0n) is 12.4. The number of hydrogen-bond acceptors (Lipinski definition) is 4. The third-order valence-electron chi connectivity index (χ3n) is 2.62. The van der Waals surface area contributed by atoms with E-state index in [1.54, 1.807) is 6.07 Å². The summed E-state index contributed by atoms with van der Waals surface area (Å²) in [5.74, 6) is 0.308. The average Bonchev–Trinajstić information content (AvgIpc) is 2.38. The summed E-state index contributed by atoms with van der Waals surface area (Å²) in [6.07, 6.45) is 0. The highest BCUT2D eigenvalue weighted by atomic mass is 16.5. The Kier molecular flexibility index (Phi) is 7.04. The van der Waals surface area contributed by atoms with Crippen molar-refractivity contribution in [1.82, 2.24) is 0 Å². The van der Waals surface area contributed by atoms with Crippen LogP contribution in [0.25, 0.3) is 0 Å². The van der Waals surface area contributed by atoms with Gasteiger partial charge in [-0.1, -0.05) is 19.9 Å². The van der Waals surface area contributed by atoms with Gasteiger partial charge in [0.25, 0.3) is 0 Å². The van der Waals surface area contributed by atoms with Crippen LogP contribution < -0.4 is 11.1 Å². The Morgan fingerprint density at radius 1 is 1.30 bits per heavy atom. The first-order valence-electron chi connectivity index (χ1n) is 6.80. The highest BCUT2D eigenvalue weighted by Crippen LogP contribution is 2.16. The Morgan fingerprint density at radius 3 is 2.65 bits per heavy atom. The van der Waals surface area contributed by atoms with Crippen molar-refractivity contribution in [2.45, 2.75) is 20.8 Å². The van der Waals surface area contributed by atoms with Crippen LogP contribution in [0.5, 0.6) is 0 Å². The van der Waals surface area contributed by atoms with Crippen molar-refractivity contribution in [1.29, 1.82) is 0 Å². The first kappa shape index (κ1) is 16.5. The van der Waals surface area contributed by atoms with Crippen LogP contribution >= 0.6 is 0 Å². The third-order valence-corrected chi connectivity index (χ3v) is 2.62. The van der Waals surface area contributed by atoms with Gasteiger partial charge in [-0.2, -0.15) is 0 Å². The molecule has 0 radical (unpaired) electrons. The highest BCUT2D eigenvalue weighted by Gasteiger charge is 2.04. The molecule has 0 heterocycles. The maximum Gasteiger partial charge on any atom is 0.250 e. The first-order valence-corrected chi connectivity index (χ1v) is 6.80. The summed E-state index contributed by atoms with van der Waals surface area (Å²) in [5.41, 5.74) is 8.10. The van der Waals surface area contributed by atoms with E-state index >= 15 is 0 Å². The van der Waals surface area contributed by atoms with Gasteiger partial charge in [0.05, 0.1) is 13.2 Å². The maximum atomic E-state index is 11.6. The normalized spacial score (nSPS) is 10.8. The van der Waals surface area contributed by atoms with Gasteiger partial charge >= 0.3 is 0 Å². The Hall–Kier alpha value is -1.59. The lowest BCUT2D eigenvalue weighted by Crippen LogP contribution is -2.20. The van der Waals surface area contributed by atoms with E-state index in [9.17, 15) is 4.79 Å². The molecule has 3 N–H and O–H groups in total. The van der Waals surface area contributed by atoms with Crippen LogP contribution in [0, 0.1) is 12.8 Å². The van der Waals surface area contributed by atoms with E-state index in [1.165, 1.54) is 0 Å². The summed E-state index contributed by atoms with van der Waals surface area (Å²) in [5, 5.41) is 2.73. The Balaban J connectivity index is 2.18. The van der Waals surface area contributed by atoms with Crippen molar-refractivity contribution >= 4 is 17.3 Å². The molecule has 0 bridgehead atoms. The van der Waals surface area contributed by atoms with Gasteiger partial charge in [0.2, 0.25) is 5.91 Å². The summed E-state index contributed by atoms with van der Waals surface area (Å²) in [6, 6.07) is 5.42. The standard InChI is InChI=1S/C15H24N2O3/c1-11(2)9-19-6-7-20-10-15(18)17-13-5-4-12(3)14(16)8-13/h4-5,8,11H,6-7,9-10,16H2,1-3H3,(H,17,18). The molecule has 1 amide bonds. The quantitative estimate of drug-likeness (QED) is 0.565. The van der Waals surface area contributed by atoms with Gasteiger partial charge in [0.1, 0.15) is 6.61 Å². The molecule has 0 spiro atoms. The van der Waals surface area contributed by atoms with Crippen molar-refractivity contribution in [2.24, 2.45) is 5.92 Å². The number of amides is 1. The first-order chi connectivity index (χ1) is 9.49. The van der Waals surface area contributed by atoms with Crippen LogP contribution in [-0.2, 0) is 14.3 Å². The molecule has 1 aromatic rings. The average molecular weight is 280 g/mol. The molecule has 0 unspecified atom stereocenters. The van der Waals surface area contributed by atoms with E-state index in [4.69, 9.17) is 15.2 Å². The van der Waals surface area contributed by atoms with Crippen molar-refractivity contribution in [3.63, 3.8) is 0 Å². The minimum absolute atomic E-state index is 0.0127. The van der Waals surface area contributed by atoms with Gasteiger partial charge < -0.3 is 20.5 Å². The zero-order valence-corrected chi connectivity index (χ0v) is 12.4. The number of rotatable bonds is 8. The number of carbonyl (C=O) groups is 1. The van der Waals surface area contributed by atoms with Crippen LogP contribution in [0.4, 0.5) is 11.4 Å². The predicted octanol–water partition coefficient (Wildman–Crippen LogP) is 2.20. The number of aryl methyl sites for hydroxylation is 1. The fourth-order valence-corrected chi connectivity index (χ4v) is 1.52. The lowest BCUT2D eigenvalue weighted by atomic mass is 10.2. The van der Waals surface area contributed by atoms with E-state index in [-0.39, 0.29) is 12.5 Å². The van der Waals surface area contributed by atoms with Gasteiger partial charge in [0, 0.05) is 18.0 Å². The fraction of sp³-hybridized carbons (Fsp3) is 0.533. The van der Waals surface area contributed by atoms with Crippen molar-refractivity contribution in [2.75, 3.05) is 37.5 Å². The molecule has 0 aliphatic heterocycles. The van der Waals surface area contributed by atoms with Gasteiger partial charge in [0.15, 0.2) is 0 Å². The zero-order chi connectivity index (χ0) is 15.0. The van der Waals surface area contributed by atoms with Gasteiger partial charge in [-0.3, -0.25) is 4.79 Å². The summed E-state index contributed by atoms with van der Waals surface area (Å²) >= 11 is 0. The van der Waals surface area contributed by atoms with Crippen LogP contribution in [0.1, 0.15) is 19.4 Å². The van der Waals surface area contributed by atoms with Crippen LogP contribution in [0.2, 0.25) is 0 Å². The molecule has 1 rings (SSSR count).